The van der Waals surface area contributed by atoms with Crippen molar-refractivity contribution >= 4 is 5.91 Å². The fraction of sp³-hybridized carbons (Fsp3) is 0.667. The molecule has 0 spiro atoms. The molecular formula is C15H24N2O3. The third kappa shape index (κ3) is 3.84. The number of rotatable bonds is 6. The van der Waals surface area contributed by atoms with Crippen molar-refractivity contribution < 1.29 is 13.9 Å². The van der Waals surface area contributed by atoms with Gasteiger partial charge in [0.25, 0.3) is 0 Å². The summed E-state index contributed by atoms with van der Waals surface area (Å²) in [7, 11) is 0. The summed E-state index contributed by atoms with van der Waals surface area (Å²) in [6, 6.07) is 4.03. The van der Waals surface area contributed by atoms with Crippen molar-refractivity contribution in [3.8, 4) is 0 Å². The largest absolute Gasteiger partial charge is 0.464 e. The fourth-order valence-corrected chi connectivity index (χ4v) is 2.36. The number of carbonyl (C=O) groups excluding carboxylic acids is 1. The molecule has 0 aliphatic carbocycles. The lowest BCUT2D eigenvalue weighted by molar-refractivity contribution is -0.124. The Labute approximate surface area is 120 Å². The molecule has 1 N–H and O–H groups in total. The average molecular weight is 280 g/mol. The molecule has 0 bridgehead atoms. The zero-order valence-corrected chi connectivity index (χ0v) is 12.4. The van der Waals surface area contributed by atoms with Crippen LogP contribution < -0.4 is 5.32 Å². The van der Waals surface area contributed by atoms with Crippen molar-refractivity contribution in [2.24, 2.45) is 0 Å². The highest BCUT2D eigenvalue weighted by atomic mass is 16.5. The minimum Gasteiger partial charge on any atom is -0.464 e. The molecule has 0 unspecified atom stereocenters. The second kappa shape index (κ2) is 7.45. The number of furan rings is 1. The van der Waals surface area contributed by atoms with Crippen LogP contribution in [0.15, 0.2) is 16.5 Å². The van der Waals surface area contributed by atoms with E-state index in [2.05, 4.69) is 17.1 Å². The quantitative estimate of drug-likeness (QED) is 0.862. The first kappa shape index (κ1) is 15.1. The number of aryl methyl sites for hydroxylation is 1. The predicted octanol–water partition coefficient (Wildman–Crippen LogP) is 1.74. The molecule has 0 aromatic carbocycles. The van der Waals surface area contributed by atoms with Crippen LogP contribution in [-0.2, 0) is 16.0 Å². The topological polar surface area (TPSA) is 54.7 Å². The molecule has 5 heteroatoms. The van der Waals surface area contributed by atoms with Crippen LogP contribution in [0, 0.1) is 0 Å². The van der Waals surface area contributed by atoms with Crippen molar-refractivity contribution in [2.75, 3.05) is 32.8 Å². The Balaban J connectivity index is 1.99. The molecule has 5 nitrogen and oxygen atoms in total. The van der Waals surface area contributed by atoms with Crippen LogP contribution in [0.1, 0.15) is 37.8 Å². The molecule has 0 radical (unpaired) electrons. The maximum atomic E-state index is 11.9. The van der Waals surface area contributed by atoms with Gasteiger partial charge in [-0.2, -0.15) is 0 Å². The van der Waals surface area contributed by atoms with E-state index in [0.29, 0.717) is 19.8 Å². The Morgan fingerprint density at radius 3 is 3.00 bits per heavy atom. The third-order valence-electron chi connectivity index (χ3n) is 3.52. The molecule has 112 valence electrons. The zero-order chi connectivity index (χ0) is 14.4. The Bertz CT molecular complexity index is 431. The van der Waals surface area contributed by atoms with Gasteiger partial charge in [0.05, 0.1) is 25.8 Å². The second-order valence-corrected chi connectivity index (χ2v) is 5.07. The predicted molar refractivity (Wildman–Crippen MR) is 76.5 cm³/mol. The van der Waals surface area contributed by atoms with E-state index in [1.165, 1.54) is 0 Å². The Hall–Kier alpha value is -1.33. The summed E-state index contributed by atoms with van der Waals surface area (Å²) in [4.78, 5) is 14.0. The first-order valence-electron chi connectivity index (χ1n) is 7.41. The lowest BCUT2D eigenvalue weighted by atomic mass is 10.1. The molecule has 1 amide bonds. The van der Waals surface area contributed by atoms with Gasteiger partial charge >= 0.3 is 0 Å². The van der Waals surface area contributed by atoms with Crippen LogP contribution in [0.2, 0.25) is 0 Å². The molecule has 1 aliphatic heterocycles. The summed E-state index contributed by atoms with van der Waals surface area (Å²) in [5.41, 5.74) is 0. The Kier molecular flexibility index (Phi) is 5.61. The third-order valence-corrected chi connectivity index (χ3v) is 3.52. The van der Waals surface area contributed by atoms with E-state index >= 15 is 0 Å². The summed E-state index contributed by atoms with van der Waals surface area (Å²) in [6.07, 6.45) is 1.83. The highest BCUT2D eigenvalue weighted by Crippen LogP contribution is 2.25. The van der Waals surface area contributed by atoms with E-state index in [1.54, 1.807) is 0 Å². The molecule has 1 atom stereocenters. The lowest BCUT2D eigenvalue weighted by Gasteiger charge is -2.33. The lowest BCUT2D eigenvalue weighted by Crippen LogP contribution is -2.45. The van der Waals surface area contributed by atoms with Gasteiger partial charge in [0.15, 0.2) is 0 Å². The number of hydrogen-bond donors (Lipinski definition) is 1. The van der Waals surface area contributed by atoms with Crippen molar-refractivity contribution in [3.05, 3.63) is 23.7 Å². The van der Waals surface area contributed by atoms with Crippen molar-refractivity contribution in [3.63, 3.8) is 0 Å². The average Bonchev–Trinajstić information content (AvgIpc) is 2.94. The van der Waals surface area contributed by atoms with Crippen LogP contribution in [0.25, 0.3) is 0 Å². The summed E-state index contributed by atoms with van der Waals surface area (Å²) in [5, 5.41) is 2.92. The minimum atomic E-state index is 0.0384. The highest BCUT2D eigenvalue weighted by molar-refractivity contribution is 5.78. The first-order chi connectivity index (χ1) is 9.74. The molecule has 1 aromatic rings. The molecule has 2 rings (SSSR count). The van der Waals surface area contributed by atoms with Gasteiger partial charge in [-0.1, -0.05) is 13.8 Å². The number of nitrogens with one attached hydrogen (secondary N) is 1. The number of nitrogens with zero attached hydrogens (tertiary/aromatic N) is 1. The SMILES string of the molecule is CCCNC(=O)CN1CCOC[C@H]1c1ccc(CC)o1. The van der Waals surface area contributed by atoms with Crippen LogP contribution in [0.4, 0.5) is 0 Å². The highest BCUT2D eigenvalue weighted by Gasteiger charge is 2.28. The first-order valence-corrected chi connectivity index (χ1v) is 7.41. The molecule has 1 aliphatic rings. The number of amides is 1. The standard InChI is InChI=1S/C15H24N2O3/c1-3-7-16-15(18)10-17-8-9-19-11-13(17)14-6-5-12(4-2)20-14/h5-6,13H,3-4,7-11H2,1-2H3,(H,16,18)/t13-/m0/s1. The number of morpholine rings is 1. The van der Waals surface area contributed by atoms with Crippen molar-refractivity contribution in [2.45, 2.75) is 32.7 Å². The van der Waals surface area contributed by atoms with Gasteiger partial charge in [-0.05, 0) is 18.6 Å². The molecule has 1 aromatic heterocycles. The molecule has 1 fully saturated rings. The summed E-state index contributed by atoms with van der Waals surface area (Å²) < 4.78 is 11.4. The monoisotopic (exact) mass is 280 g/mol. The number of ether oxygens (including phenoxy) is 1. The van der Waals surface area contributed by atoms with E-state index in [4.69, 9.17) is 9.15 Å². The van der Waals surface area contributed by atoms with E-state index in [0.717, 1.165) is 37.5 Å². The second-order valence-electron chi connectivity index (χ2n) is 5.07. The summed E-state index contributed by atoms with van der Waals surface area (Å²) >= 11 is 0. The Morgan fingerprint density at radius 1 is 1.45 bits per heavy atom. The molecule has 0 saturated carbocycles. The van der Waals surface area contributed by atoms with Gasteiger partial charge in [-0.25, -0.2) is 0 Å². The van der Waals surface area contributed by atoms with Gasteiger partial charge in [0.1, 0.15) is 11.5 Å². The van der Waals surface area contributed by atoms with E-state index < -0.39 is 0 Å². The zero-order valence-electron chi connectivity index (χ0n) is 12.4. The van der Waals surface area contributed by atoms with Crippen molar-refractivity contribution in [1.82, 2.24) is 10.2 Å². The molecule has 1 saturated heterocycles. The molecule has 20 heavy (non-hydrogen) atoms. The van der Waals surface area contributed by atoms with Gasteiger partial charge in [-0.15, -0.1) is 0 Å². The minimum absolute atomic E-state index is 0.0384. The van der Waals surface area contributed by atoms with E-state index in [1.807, 2.05) is 19.1 Å². The van der Waals surface area contributed by atoms with Crippen LogP contribution in [-0.4, -0.2) is 43.7 Å². The maximum absolute atomic E-state index is 11.9. The van der Waals surface area contributed by atoms with Gasteiger partial charge in [-0.3, -0.25) is 9.69 Å². The van der Waals surface area contributed by atoms with Gasteiger partial charge in [0, 0.05) is 19.5 Å². The maximum Gasteiger partial charge on any atom is 0.234 e. The summed E-state index contributed by atoms with van der Waals surface area (Å²) in [5.74, 6) is 1.94. The molecule has 2 heterocycles. The van der Waals surface area contributed by atoms with Crippen molar-refractivity contribution in [1.29, 1.82) is 0 Å². The fourth-order valence-electron chi connectivity index (χ4n) is 2.36. The smallest absolute Gasteiger partial charge is 0.234 e. The molecular weight excluding hydrogens is 256 g/mol. The number of hydrogen-bond acceptors (Lipinski definition) is 4. The van der Waals surface area contributed by atoms with Crippen LogP contribution in [0.3, 0.4) is 0 Å². The van der Waals surface area contributed by atoms with Crippen LogP contribution in [0.5, 0.6) is 0 Å². The van der Waals surface area contributed by atoms with E-state index in [9.17, 15) is 4.79 Å². The number of carbonyl (C=O) groups is 1. The Morgan fingerprint density at radius 2 is 2.30 bits per heavy atom. The summed E-state index contributed by atoms with van der Waals surface area (Å²) in [6.45, 7) is 7.25. The van der Waals surface area contributed by atoms with Gasteiger partial charge < -0.3 is 14.5 Å². The normalized spacial score (nSPS) is 20.0. The van der Waals surface area contributed by atoms with E-state index in [-0.39, 0.29) is 11.9 Å². The van der Waals surface area contributed by atoms with Gasteiger partial charge in [0.2, 0.25) is 5.91 Å². The van der Waals surface area contributed by atoms with Crippen LogP contribution >= 0.6 is 0 Å².